The number of benzene rings is 1. The Morgan fingerprint density at radius 1 is 1.07 bits per heavy atom. The molecular weight excluding hydrogens is 528 g/mol. The van der Waals surface area contributed by atoms with Crippen molar-refractivity contribution in [1.82, 2.24) is 25.0 Å². The van der Waals surface area contributed by atoms with Crippen molar-refractivity contribution in [2.24, 2.45) is 5.92 Å². The van der Waals surface area contributed by atoms with Crippen LogP contribution in [-0.2, 0) is 11.3 Å². The van der Waals surface area contributed by atoms with Crippen molar-refractivity contribution in [2.75, 3.05) is 5.75 Å². The minimum atomic E-state index is -0.515. The van der Waals surface area contributed by atoms with E-state index in [0.29, 0.717) is 35.4 Å². The molecule has 0 aliphatic heterocycles. The van der Waals surface area contributed by atoms with Crippen LogP contribution in [0, 0.1) is 16.0 Å². The van der Waals surface area contributed by atoms with Crippen LogP contribution in [0.4, 0.5) is 5.69 Å². The van der Waals surface area contributed by atoms with E-state index in [1.807, 2.05) is 25.3 Å². The summed E-state index contributed by atoms with van der Waals surface area (Å²) in [6.07, 6.45) is 11.7. The number of hydrogen-bond donors (Lipinski definition) is 1. The van der Waals surface area contributed by atoms with Crippen molar-refractivity contribution in [1.29, 1.82) is 0 Å². The maximum absolute atomic E-state index is 13.7. The molecule has 1 heterocycles. The molecule has 2 aliphatic rings. The van der Waals surface area contributed by atoms with Crippen LogP contribution in [0.25, 0.3) is 0 Å². The van der Waals surface area contributed by atoms with Gasteiger partial charge in [-0.1, -0.05) is 70.2 Å². The first-order chi connectivity index (χ1) is 19.3. The Hall–Kier alpha value is -2.95. The van der Waals surface area contributed by atoms with Gasteiger partial charge in [-0.05, 0) is 44.6 Å². The normalized spacial score (nSPS) is 17.5. The van der Waals surface area contributed by atoms with Gasteiger partial charge in [-0.15, -0.1) is 10.2 Å². The fourth-order valence-electron chi connectivity index (χ4n) is 6.07. The van der Waals surface area contributed by atoms with Crippen molar-refractivity contribution in [2.45, 2.75) is 115 Å². The summed E-state index contributed by atoms with van der Waals surface area (Å²) >= 11 is 1.42. The third kappa shape index (κ3) is 7.21. The fraction of sp³-hybridized carbons (Fsp3) is 0.655. The number of nitro groups is 1. The van der Waals surface area contributed by atoms with Crippen LogP contribution in [0.2, 0.25) is 0 Å². The molecule has 2 fully saturated rings. The molecule has 1 N–H and O–H groups in total. The Labute approximate surface area is 240 Å². The zero-order valence-electron chi connectivity index (χ0n) is 23.9. The zero-order chi connectivity index (χ0) is 28.6. The van der Waals surface area contributed by atoms with Crippen LogP contribution in [0.3, 0.4) is 0 Å². The first kappa shape index (κ1) is 30.0. The summed E-state index contributed by atoms with van der Waals surface area (Å²) in [5, 5.41) is 23.7. The van der Waals surface area contributed by atoms with E-state index in [-0.39, 0.29) is 23.1 Å². The Balaban J connectivity index is 1.48. The van der Waals surface area contributed by atoms with E-state index in [4.69, 9.17) is 0 Å². The highest BCUT2D eigenvalue weighted by Crippen LogP contribution is 2.32. The highest BCUT2D eigenvalue weighted by molar-refractivity contribution is 7.99. The van der Waals surface area contributed by atoms with Gasteiger partial charge >= 0.3 is 0 Å². The lowest BCUT2D eigenvalue weighted by Crippen LogP contribution is -2.49. The van der Waals surface area contributed by atoms with Gasteiger partial charge in [-0.25, -0.2) is 0 Å². The van der Waals surface area contributed by atoms with Crippen molar-refractivity contribution in [3.05, 3.63) is 45.8 Å². The van der Waals surface area contributed by atoms with Crippen LogP contribution < -0.4 is 5.32 Å². The number of nitrogens with zero attached hydrogens (tertiary/aromatic N) is 5. The van der Waals surface area contributed by atoms with Crippen LogP contribution in [0.5, 0.6) is 0 Å². The lowest BCUT2D eigenvalue weighted by Gasteiger charge is -2.41. The monoisotopic (exact) mass is 570 g/mol. The molecule has 0 spiro atoms. The maximum Gasteiger partial charge on any atom is 0.270 e. The summed E-state index contributed by atoms with van der Waals surface area (Å²) in [5.41, 5.74) is 0.0810. The van der Waals surface area contributed by atoms with E-state index in [0.717, 1.165) is 25.7 Å². The highest BCUT2D eigenvalue weighted by atomic mass is 32.2. The Bertz CT molecular complexity index is 1160. The first-order valence-electron chi connectivity index (χ1n) is 14.7. The molecule has 2 aliphatic carbocycles. The summed E-state index contributed by atoms with van der Waals surface area (Å²) in [7, 11) is 0. The number of nitro benzene ring substituents is 1. The van der Waals surface area contributed by atoms with Gasteiger partial charge in [-0.2, -0.15) is 0 Å². The van der Waals surface area contributed by atoms with Crippen molar-refractivity contribution < 1.29 is 14.5 Å². The summed E-state index contributed by atoms with van der Waals surface area (Å²) < 4.78 is 1.96. The number of carbonyl (C=O) groups is 2. The number of rotatable bonds is 11. The van der Waals surface area contributed by atoms with Gasteiger partial charge in [-0.3, -0.25) is 19.7 Å². The predicted molar refractivity (Wildman–Crippen MR) is 155 cm³/mol. The second kappa shape index (κ2) is 14.1. The van der Waals surface area contributed by atoms with Gasteiger partial charge in [0.05, 0.1) is 16.7 Å². The topological polar surface area (TPSA) is 123 Å². The Morgan fingerprint density at radius 2 is 1.70 bits per heavy atom. The van der Waals surface area contributed by atoms with Gasteiger partial charge in [0.1, 0.15) is 0 Å². The second-order valence-electron chi connectivity index (χ2n) is 11.3. The summed E-state index contributed by atoms with van der Waals surface area (Å²) in [6, 6.07) is 5.93. The van der Waals surface area contributed by atoms with Crippen LogP contribution in [0.1, 0.15) is 107 Å². The molecule has 1 aromatic heterocycles. The van der Waals surface area contributed by atoms with Gasteiger partial charge < -0.3 is 14.8 Å². The maximum atomic E-state index is 13.7. The lowest BCUT2D eigenvalue weighted by molar-refractivity contribution is -0.384. The number of nitrogens with one attached hydrogen (secondary N) is 1. The molecule has 218 valence electrons. The van der Waals surface area contributed by atoms with E-state index in [1.165, 1.54) is 68.5 Å². The van der Waals surface area contributed by atoms with Gasteiger partial charge in [0.2, 0.25) is 5.91 Å². The fourth-order valence-corrected chi connectivity index (χ4v) is 6.95. The van der Waals surface area contributed by atoms with Crippen LogP contribution in [0.15, 0.2) is 29.4 Å². The number of amides is 2. The quantitative estimate of drug-likeness (QED) is 0.202. The zero-order valence-corrected chi connectivity index (χ0v) is 24.7. The average Bonchev–Trinajstić information content (AvgIpc) is 3.38. The van der Waals surface area contributed by atoms with E-state index >= 15 is 0 Å². The smallest absolute Gasteiger partial charge is 0.270 e. The molecule has 4 rings (SSSR count). The van der Waals surface area contributed by atoms with Gasteiger partial charge in [0.15, 0.2) is 11.0 Å². The third-order valence-electron chi connectivity index (χ3n) is 8.16. The Kier molecular flexibility index (Phi) is 10.6. The second-order valence-corrected chi connectivity index (χ2v) is 12.2. The lowest BCUT2D eigenvalue weighted by atomic mass is 9.88. The molecule has 0 saturated heterocycles. The number of aromatic nitrogens is 3. The van der Waals surface area contributed by atoms with Crippen LogP contribution >= 0.6 is 11.8 Å². The minimum Gasteiger partial charge on any atom is -0.342 e. The molecular formula is C29H42N6O4S. The molecule has 2 amide bonds. The summed E-state index contributed by atoms with van der Waals surface area (Å²) in [5.74, 6) is 0.702. The number of non-ortho nitro benzene ring substituents is 1. The molecule has 40 heavy (non-hydrogen) atoms. The van der Waals surface area contributed by atoms with E-state index < -0.39 is 16.9 Å². The van der Waals surface area contributed by atoms with Crippen molar-refractivity contribution in [3.63, 3.8) is 0 Å². The molecule has 0 bridgehead atoms. The largest absolute Gasteiger partial charge is 0.342 e. The number of thioether (sulfide) groups is 1. The molecule has 10 nitrogen and oxygen atoms in total. The predicted octanol–water partition coefficient (Wildman–Crippen LogP) is 5.92. The van der Waals surface area contributed by atoms with E-state index in [2.05, 4.69) is 20.4 Å². The molecule has 1 aromatic carbocycles. The molecule has 0 radical (unpaired) electrons. The molecule has 1 atom stereocenters. The van der Waals surface area contributed by atoms with Crippen molar-refractivity contribution >= 4 is 29.3 Å². The SMILES string of the molecule is CCn1c(SCC(=O)N(C2CCCCC2)C2CCCCC2)nnc1[C@@H](NC(=O)c1cccc([N+](=O)[O-])c1)C(C)C. The molecule has 11 heteroatoms. The van der Waals surface area contributed by atoms with Crippen LogP contribution in [-0.4, -0.2) is 54.2 Å². The number of hydrogen-bond acceptors (Lipinski definition) is 7. The van der Waals surface area contributed by atoms with Gasteiger partial charge in [0.25, 0.3) is 11.6 Å². The number of carbonyl (C=O) groups excluding carboxylic acids is 2. The summed E-state index contributed by atoms with van der Waals surface area (Å²) in [4.78, 5) is 39.6. The molecule has 2 aromatic rings. The van der Waals surface area contributed by atoms with Crippen molar-refractivity contribution in [3.8, 4) is 0 Å². The average molecular weight is 571 g/mol. The minimum absolute atomic E-state index is 0.00951. The first-order valence-corrected chi connectivity index (χ1v) is 15.7. The third-order valence-corrected chi connectivity index (χ3v) is 9.11. The van der Waals surface area contributed by atoms with E-state index in [1.54, 1.807) is 6.07 Å². The highest BCUT2D eigenvalue weighted by Gasteiger charge is 2.33. The summed E-state index contributed by atoms with van der Waals surface area (Å²) in [6.45, 7) is 6.55. The standard InChI is InChI=1S/C29H42N6O4S/c1-4-33-27(26(20(2)3)30-28(37)21-12-11-17-24(18-21)35(38)39)31-32-29(33)40-19-25(36)34(22-13-7-5-8-14-22)23-15-9-6-10-16-23/h11-12,17-18,20,22-23,26H,4-10,13-16,19H2,1-3H3,(H,30,37)/t26-/m0/s1. The van der Waals surface area contributed by atoms with E-state index in [9.17, 15) is 19.7 Å². The Morgan fingerprint density at radius 3 is 2.25 bits per heavy atom. The van der Waals surface area contributed by atoms with Gasteiger partial charge in [0, 0.05) is 36.3 Å². The molecule has 2 saturated carbocycles. The molecule has 0 unspecified atom stereocenters.